The van der Waals surface area contributed by atoms with E-state index in [-0.39, 0.29) is 5.82 Å². The van der Waals surface area contributed by atoms with Crippen LogP contribution in [-0.2, 0) is 6.42 Å². The maximum Gasteiger partial charge on any atom is 0.165 e. The number of unbranched alkanes of at least 4 members (excludes halogenated alkanes) is 2. The number of methoxy groups -OCH3 is 1. The summed E-state index contributed by atoms with van der Waals surface area (Å²) < 4.78 is 18.1. The van der Waals surface area contributed by atoms with Crippen LogP contribution in [-0.4, -0.2) is 7.11 Å². The van der Waals surface area contributed by atoms with Crippen LogP contribution in [0.2, 0.25) is 0 Å². The van der Waals surface area contributed by atoms with E-state index in [1.807, 2.05) is 6.07 Å². The van der Waals surface area contributed by atoms with Crippen molar-refractivity contribution in [2.75, 3.05) is 7.11 Å². The Kier molecular flexibility index (Phi) is 4.44. The SMILES string of the molecule is CCCCCc1ccc(OC)c(F)c1. The van der Waals surface area contributed by atoms with Crippen molar-refractivity contribution in [3.8, 4) is 5.75 Å². The topological polar surface area (TPSA) is 9.23 Å². The lowest BCUT2D eigenvalue weighted by Gasteiger charge is -2.04. The van der Waals surface area contributed by atoms with Crippen molar-refractivity contribution in [1.82, 2.24) is 0 Å². The average Bonchev–Trinajstić information content (AvgIpc) is 2.18. The average molecular weight is 196 g/mol. The van der Waals surface area contributed by atoms with Gasteiger partial charge in [0.05, 0.1) is 7.11 Å². The molecule has 0 unspecified atom stereocenters. The molecule has 0 amide bonds. The molecule has 0 atom stereocenters. The molecule has 14 heavy (non-hydrogen) atoms. The van der Waals surface area contributed by atoms with Gasteiger partial charge >= 0.3 is 0 Å². The number of rotatable bonds is 5. The molecule has 0 aromatic heterocycles. The Morgan fingerprint density at radius 3 is 2.64 bits per heavy atom. The molecule has 0 heterocycles. The normalized spacial score (nSPS) is 10.2. The molecule has 0 saturated heterocycles. The maximum absolute atomic E-state index is 13.2. The number of benzene rings is 1. The molecular formula is C12H17FO. The fourth-order valence-electron chi connectivity index (χ4n) is 1.44. The summed E-state index contributed by atoms with van der Waals surface area (Å²) in [5.74, 6) is 0.0609. The minimum Gasteiger partial charge on any atom is -0.494 e. The highest BCUT2D eigenvalue weighted by atomic mass is 19.1. The summed E-state index contributed by atoms with van der Waals surface area (Å²) in [4.78, 5) is 0. The van der Waals surface area contributed by atoms with Gasteiger partial charge < -0.3 is 4.74 Å². The van der Waals surface area contributed by atoms with Gasteiger partial charge in [0.2, 0.25) is 0 Å². The van der Waals surface area contributed by atoms with E-state index in [1.165, 1.54) is 20.0 Å². The molecule has 78 valence electrons. The molecule has 0 aliphatic rings. The predicted molar refractivity (Wildman–Crippen MR) is 56.2 cm³/mol. The zero-order valence-electron chi connectivity index (χ0n) is 8.85. The fourth-order valence-corrected chi connectivity index (χ4v) is 1.44. The van der Waals surface area contributed by atoms with Gasteiger partial charge in [-0.25, -0.2) is 4.39 Å². The highest BCUT2D eigenvalue weighted by molar-refractivity contribution is 5.29. The van der Waals surface area contributed by atoms with Crippen molar-refractivity contribution >= 4 is 0 Å². The molecule has 1 rings (SSSR count). The van der Waals surface area contributed by atoms with Crippen molar-refractivity contribution in [2.24, 2.45) is 0 Å². The Morgan fingerprint density at radius 2 is 2.07 bits per heavy atom. The second kappa shape index (κ2) is 5.63. The summed E-state index contributed by atoms with van der Waals surface area (Å²) in [7, 11) is 1.48. The van der Waals surface area contributed by atoms with Gasteiger partial charge in [0, 0.05) is 0 Å². The molecule has 1 aromatic carbocycles. The third-order valence-corrected chi connectivity index (χ3v) is 2.29. The third-order valence-electron chi connectivity index (χ3n) is 2.29. The van der Waals surface area contributed by atoms with Crippen molar-refractivity contribution in [3.63, 3.8) is 0 Å². The second-order valence-electron chi connectivity index (χ2n) is 3.43. The van der Waals surface area contributed by atoms with Gasteiger partial charge in [-0.15, -0.1) is 0 Å². The standard InChI is InChI=1S/C12H17FO/c1-3-4-5-6-10-7-8-12(14-2)11(13)9-10/h7-9H,3-6H2,1-2H3. The summed E-state index contributed by atoms with van der Waals surface area (Å²) in [6.45, 7) is 2.16. The molecule has 1 nitrogen and oxygen atoms in total. The first-order chi connectivity index (χ1) is 6.77. The highest BCUT2D eigenvalue weighted by Gasteiger charge is 2.02. The summed E-state index contributed by atoms with van der Waals surface area (Å²) in [5, 5.41) is 0. The first kappa shape index (κ1) is 11.0. The van der Waals surface area contributed by atoms with E-state index in [0.29, 0.717) is 5.75 Å². The Balaban J connectivity index is 2.57. The Hall–Kier alpha value is -1.05. The van der Waals surface area contributed by atoms with E-state index in [1.54, 1.807) is 12.1 Å². The Morgan fingerprint density at radius 1 is 1.29 bits per heavy atom. The quantitative estimate of drug-likeness (QED) is 0.654. The predicted octanol–water partition coefficient (Wildman–Crippen LogP) is 3.57. The van der Waals surface area contributed by atoms with E-state index < -0.39 is 0 Å². The van der Waals surface area contributed by atoms with Gasteiger partial charge in [-0.2, -0.15) is 0 Å². The van der Waals surface area contributed by atoms with Crippen LogP contribution in [0.4, 0.5) is 4.39 Å². The van der Waals surface area contributed by atoms with E-state index >= 15 is 0 Å². The number of ether oxygens (including phenoxy) is 1. The molecule has 0 N–H and O–H groups in total. The third kappa shape index (κ3) is 3.02. The van der Waals surface area contributed by atoms with E-state index in [2.05, 4.69) is 6.92 Å². The molecule has 1 aromatic rings. The molecule has 0 aliphatic heterocycles. The molecule has 0 fully saturated rings. The first-order valence-corrected chi connectivity index (χ1v) is 5.10. The van der Waals surface area contributed by atoms with Crippen LogP contribution in [0.5, 0.6) is 5.75 Å². The van der Waals surface area contributed by atoms with E-state index in [0.717, 1.165) is 18.4 Å². The summed E-state index contributed by atoms with van der Waals surface area (Å²) in [6, 6.07) is 5.18. The minimum absolute atomic E-state index is 0.263. The number of hydrogen-bond donors (Lipinski definition) is 0. The van der Waals surface area contributed by atoms with Crippen molar-refractivity contribution in [3.05, 3.63) is 29.6 Å². The van der Waals surface area contributed by atoms with Gasteiger partial charge in [0.15, 0.2) is 11.6 Å². The van der Waals surface area contributed by atoms with Crippen LogP contribution < -0.4 is 4.74 Å². The molecular weight excluding hydrogens is 179 g/mol. The Labute approximate surface area is 84.9 Å². The van der Waals surface area contributed by atoms with Crippen LogP contribution >= 0.6 is 0 Å². The molecule has 0 bridgehead atoms. The van der Waals surface area contributed by atoms with Gasteiger partial charge in [-0.3, -0.25) is 0 Å². The van der Waals surface area contributed by atoms with Crippen LogP contribution in [0.15, 0.2) is 18.2 Å². The minimum atomic E-state index is -0.263. The lowest BCUT2D eigenvalue weighted by Crippen LogP contribution is -1.91. The van der Waals surface area contributed by atoms with Gasteiger partial charge in [-0.1, -0.05) is 25.8 Å². The Bertz CT molecular complexity index is 284. The van der Waals surface area contributed by atoms with E-state index in [9.17, 15) is 4.39 Å². The van der Waals surface area contributed by atoms with Crippen molar-refractivity contribution in [1.29, 1.82) is 0 Å². The molecule has 0 saturated carbocycles. The highest BCUT2D eigenvalue weighted by Crippen LogP contribution is 2.18. The number of hydrogen-bond acceptors (Lipinski definition) is 1. The number of aryl methyl sites for hydroxylation is 1. The van der Waals surface area contributed by atoms with Crippen molar-refractivity contribution in [2.45, 2.75) is 32.6 Å². The number of halogens is 1. The monoisotopic (exact) mass is 196 g/mol. The summed E-state index contributed by atoms with van der Waals surface area (Å²) in [5.41, 5.74) is 1.05. The first-order valence-electron chi connectivity index (χ1n) is 5.10. The lowest BCUT2D eigenvalue weighted by atomic mass is 10.1. The largest absolute Gasteiger partial charge is 0.494 e. The molecule has 0 spiro atoms. The zero-order valence-corrected chi connectivity index (χ0v) is 8.85. The van der Waals surface area contributed by atoms with Gasteiger partial charge in [-0.05, 0) is 30.5 Å². The van der Waals surface area contributed by atoms with Crippen LogP contribution in [0, 0.1) is 5.82 Å². The fraction of sp³-hybridized carbons (Fsp3) is 0.500. The van der Waals surface area contributed by atoms with Gasteiger partial charge in [0.25, 0.3) is 0 Å². The summed E-state index contributed by atoms with van der Waals surface area (Å²) in [6.07, 6.45) is 4.48. The van der Waals surface area contributed by atoms with Gasteiger partial charge in [0.1, 0.15) is 0 Å². The zero-order chi connectivity index (χ0) is 10.4. The molecule has 0 aliphatic carbocycles. The van der Waals surface area contributed by atoms with Crippen LogP contribution in [0.1, 0.15) is 31.7 Å². The molecule has 2 heteroatoms. The van der Waals surface area contributed by atoms with Crippen LogP contribution in [0.25, 0.3) is 0 Å². The smallest absolute Gasteiger partial charge is 0.165 e. The lowest BCUT2D eigenvalue weighted by molar-refractivity contribution is 0.386. The summed E-state index contributed by atoms with van der Waals surface area (Å²) >= 11 is 0. The maximum atomic E-state index is 13.2. The van der Waals surface area contributed by atoms with E-state index in [4.69, 9.17) is 4.74 Å². The van der Waals surface area contributed by atoms with Crippen molar-refractivity contribution < 1.29 is 9.13 Å². The second-order valence-corrected chi connectivity index (χ2v) is 3.43. The van der Waals surface area contributed by atoms with Crippen LogP contribution in [0.3, 0.4) is 0 Å². The molecule has 0 radical (unpaired) electrons.